The minimum atomic E-state index is -0.481. The molecule has 0 aromatic carbocycles. The third-order valence-corrected chi connectivity index (χ3v) is 1.84. The zero-order chi connectivity index (χ0) is 9.68. The number of aliphatic hydroxyl groups is 1. The minimum absolute atomic E-state index is 0.282. The van der Waals surface area contributed by atoms with Gasteiger partial charge >= 0.3 is 0 Å². The van der Waals surface area contributed by atoms with E-state index in [0.717, 1.165) is 5.69 Å². The molecule has 0 amide bonds. The minimum Gasteiger partial charge on any atom is -0.390 e. The summed E-state index contributed by atoms with van der Waals surface area (Å²) in [4.78, 5) is 5.91. The van der Waals surface area contributed by atoms with Gasteiger partial charge in [-0.05, 0) is 12.1 Å². The highest BCUT2D eigenvalue weighted by atomic mass is 16.3. The third kappa shape index (κ3) is 3.01. The van der Waals surface area contributed by atoms with Crippen molar-refractivity contribution in [1.82, 2.24) is 4.98 Å². The summed E-state index contributed by atoms with van der Waals surface area (Å²) >= 11 is 0. The van der Waals surface area contributed by atoms with E-state index in [1.807, 2.05) is 24.1 Å². The Hall–Kier alpha value is -1.13. The van der Waals surface area contributed by atoms with Crippen LogP contribution in [0.15, 0.2) is 24.5 Å². The van der Waals surface area contributed by atoms with Crippen LogP contribution in [0.25, 0.3) is 0 Å². The van der Waals surface area contributed by atoms with Crippen molar-refractivity contribution in [1.29, 1.82) is 0 Å². The van der Waals surface area contributed by atoms with E-state index < -0.39 is 6.10 Å². The summed E-state index contributed by atoms with van der Waals surface area (Å²) in [6.45, 7) is 0.812. The summed E-state index contributed by atoms with van der Waals surface area (Å²) in [5.41, 5.74) is 6.29. The van der Waals surface area contributed by atoms with Gasteiger partial charge < -0.3 is 15.7 Å². The van der Waals surface area contributed by atoms with Crippen molar-refractivity contribution < 1.29 is 5.11 Å². The second kappa shape index (κ2) is 4.79. The average molecular weight is 181 g/mol. The number of nitrogens with zero attached hydrogens (tertiary/aromatic N) is 2. The van der Waals surface area contributed by atoms with E-state index in [1.165, 1.54) is 0 Å². The van der Waals surface area contributed by atoms with E-state index in [2.05, 4.69) is 4.98 Å². The van der Waals surface area contributed by atoms with Crippen LogP contribution in [0.4, 0.5) is 5.69 Å². The van der Waals surface area contributed by atoms with Crippen LogP contribution in [0.2, 0.25) is 0 Å². The van der Waals surface area contributed by atoms with Crippen LogP contribution >= 0.6 is 0 Å². The van der Waals surface area contributed by atoms with Crippen molar-refractivity contribution in [2.75, 3.05) is 25.0 Å². The largest absolute Gasteiger partial charge is 0.390 e. The second-order valence-electron chi connectivity index (χ2n) is 2.98. The Balaban J connectivity index is 2.53. The first-order valence-corrected chi connectivity index (χ1v) is 4.23. The SMILES string of the molecule is CN(CC(O)CN)c1cccnc1. The van der Waals surface area contributed by atoms with Gasteiger partial charge in [0, 0.05) is 26.3 Å². The first-order chi connectivity index (χ1) is 6.24. The summed E-state index contributed by atoms with van der Waals surface area (Å²) < 4.78 is 0. The molecule has 0 aliphatic carbocycles. The van der Waals surface area contributed by atoms with E-state index in [0.29, 0.717) is 6.54 Å². The fourth-order valence-electron chi connectivity index (χ4n) is 1.08. The molecule has 0 saturated heterocycles. The highest BCUT2D eigenvalue weighted by Crippen LogP contribution is 2.08. The quantitative estimate of drug-likeness (QED) is 0.677. The van der Waals surface area contributed by atoms with Gasteiger partial charge in [-0.2, -0.15) is 0 Å². The number of hydrogen-bond donors (Lipinski definition) is 2. The fraction of sp³-hybridized carbons (Fsp3) is 0.444. The van der Waals surface area contributed by atoms with Gasteiger partial charge in [0.1, 0.15) is 0 Å². The van der Waals surface area contributed by atoms with Crippen molar-refractivity contribution >= 4 is 5.69 Å². The molecule has 0 bridgehead atoms. The highest BCUT2D eigenvalue weighted by Gasteiger charge is 2.06. The normalized spacial score (nSPS) is 12.5. The van der Waals surface area contributed by atoms with Crippen molar-refractivity contribution in [3.63, 3.8) is 0 Å². The van der Waals surface area contributed by atoms with E-state index in [1.54, 1.807) is 12.4 Å². The molecule has 1 rings (SSSR count). The van der Waals surface area contributed by atoms with E-state index in [-0.39, 0.29) is 6.54 Å². The van der Waals surface area contributed by atoms with Crippen LogP contribution in [0.3, 0.4) is 0 Å². The van der Waals surface area contributed by atoms with Gasteiger partial charge in [-0.3, -0.25) is 4.98 Å². The smallest absolute Gasteiger partial charge is 0.0836 e. The van der Waals surface area contributed by atoms with Crippen LogP contribution in [-0.4, -0.2) is 36.3 Å². The molecule has 0 aliphatic rings. The number of likely N-dealkylation sites (N-methyl/N-ethyl adjacent to an activating group) is 1. The van der Waals surface area contributed by atoms with Crippen LogP contribution in [0.5, 0.6) is 0 Å². The van der Waals surface area contributed by atoms with Crippen molar-refractivity contribution in [3.8, 4) is 0 Å². The van der Waals surface area contributed by atoms with Gasteiger partial charge in [-0.1, -0.05) is 0 Å². The molecule has 1 aromatic heterocycles. The third-order valence-electron chi connectivity index (χ3n) is 1.84. The Kier molecular flexibility index (Phi) is 3.67. The lowest BCUT2D eigenvalue weighted by Crippen LogP contribution is -2.34. The van der Waals surface area contributed by atoms with Crippen molar-refractivity contribution in [2.24, 2.45) is 5.73 Å². The Morgan fingerprint density at radius 1 is 1.69 bits per heavy atom. The van der Waals surface area contributed by atoms with Crippen LogP contribution in [0, 0.1) is 0 Å². The van der Waals surface area contributed by atoms with E-state index >= 15 is 0 Å². The van der Waals surface area contributed by atoms with Gasteiger partial charge in [0.2, 0.25) is 0 Å². The summed E-state index contributed by atoms with van der Waals surface area (Å²) in [7, 11) is 1.90. The zero-order valence-electron chi connectivity index (χ0n) is 7.72. The molecule has 4 nitrogen and oxygen atoms in total. The first kappa shape index (κ1) is 9.95. The predicted octanol–water partition coefficient (Wildman–Crippen LogP) is -0.163. The maximum absolute atomic E-state index is 9.30. The van der Waals surface area contributed by atoms with Gasteiger partial charge in [-0.15, -0.1) is 0 Å². The molecular weight excluding hydrogens is 166 g/mol. The predicted molar refractivity (Wildman–Crippen MR) is 52.6 cm³/mol. The number of aliphatic hydroxyl groups excluding tert-OH is 1. The lowest BCUT2D eigenvalue weighted by Gasteiger charge is -2.21. The molecule has 0 saturated carbocycles. The maximum atomic E-state index is 9.30. The van der Waals surface area contributed by atoms with Crippen LogP contribution in [0.1, 0.15) is 0 Å². The summed E-state index contributed by atoms with van der Waals surface area (Å²) in [6.07, 6.45) is 2.99. The second-order valence-corrected chi connectivity index (χ2v) is 2.98. The van der Waals surface area contributed by atoms with Crippen LogP contribution in [-0.2, 0) is 0 Å². The lowest BCUT2D eigenvalue weighted by molar-refractivity contribution is 0.189. The number of nitrogens with two attached hydrogens (primary N) is 1. The fourth-order valence-corrected chi connectivity index (χ4v) is 1.08. The molecule has 1 heterocycles. The van der Waals surface area contributed by atoms with Gasteiger partial charge in [-0.25, -0.2) is 0 Å². The molecule has 0 spiro atoms. The van der Waals surface area contributed by atoms with Crippen molar-refractivity contribution in [3.05, 3.63) is 24.5 Å². The van der Waals surface area contributed by atoms with E-state index in [4.69, 9.17) is 5.73 Å². The lowest BCUT2D eigenvalue weighted by atomic mass is 10.3. The molecule has 0 aliphatic heterocycles. The average Bonchev–Trinajstić information content (AvgIpc) is 2.19. The Morgan fingerprint density at radius 2 is 2.46 bits per heavy atom. The summed E-state index contributed by atoms with van der Waals surface area (Å²) in [5.74, 6) is 0. The standard InChI is InChI=1S/C9H15N3O/c1-12(7-9(13)5-10)8-3-2-4-11-6-8/h2-4,6,9,13H,5,7,10H2,1H3. The maximum Gasteiger partial charge on any atom is 0.0836 e. The monoisotopic (exact) mass is 181 g/mol. The Bertz CT molecular complexity index is 240. The highest BCUT2D eigenvalue weighted by molar-refractivity contribution is 5.42. The molecule has 3 N–H and O–H groups in total. The molecule has 0 fully saturated rings. The van der Waals surface area contributed by atoms with Gasteiger partial charge in [0.25, 0.3) is 0 Å². The molecule has 1 aromatic rings. The van der Waals surface area contributed by atoms with Crippen LogP contribution < -0.4 is 10.6 Å². The molecule has 4 heteroatoms. The van der Waals surface area contributed by atoms with Gasteiger partial charge in [0.15, 0.2) is 0 Å². The number of hydrogen-bond acceptors (Lipinski definition) is 4. The summed E-state index contributed by atoms with van der Waals surface area (Å²) in [6, 6.07) is 3.80. The number of rotatable bonds is 4. The summed E-state index contributed by atoms with van der Waals surface area (Å²) in [5, 5.41) is 9.30. The molecule has 72 valence electrons. The number of anilines is 1. The van der Waals surface area contributed by atoms with E-state index in [9.17, 15) is 5.11 Å². The molecular formula is C9H15N3O. The van der Waals surface area contributed by atoms with Gasteiger partial charge in [0.05, 0.1) is 18.0 Å². The number of pyridine rings is 1. The number of aromatic nitrogens is 1. The van der Waals surface area contributed by atoms with Crippen molar-refractivity contribution in [2.45, 2.75) is 6.10 Å². The topological polar surface area (TPSA) is 62.4 Å². The molecule has 1 atom stereocenters. The zero-order valence-corrected chi connectivity index (χ0v) is 7.72. The Morgan fingerprint density at radius 3 is 3.00 bits per heavy atom. The Labute approximate surface area is 78.0 Å². The molecule has 0 radical (unpaired) electrons. The molecule has 1 unspecified atom stereocenters. The first-order valence-electron chi connectivity index (χ1n) is 4.23. The molecule has 13 heavy (non-hydrogen) atoms.